The third kappa shape index (κ3) is 11.7. The summed E-state index contributed by atoms with van der Waals surface area (Å²) in [4.78, 5) is 67.7. The molecule has 0 N–H and O–H groups in total. The summed E-state index contributed by atoms with van der Waals surface area (Å²) in [5, 5.41) is 0. The molecule has 2 aromatic rings. The van der Waals surface area contributed by atoms with Crippen LogP contribution in [-0.4, -0.2) is 84.5 Å². The van der Waals surface area contributed by atoms with Crippen LogP contribution >= 0.6 is 0 Å². The molecule has 2 heterocycles. The molecule has 2 aliphatic carbocycles. The van der Waals surface area contributed by atoms with Crippen LogP contribution in [0.1, 0.15) is 151 Å². The molecule has 2 fully saturated rings. The number of amides is 3. The lowest BCUT2D eigenvalue weighted by Gasteiger charge is -2.44. The number of rotatable bonds is 4. The van der Waals surface area contributed by atoms with Crippen molar-refractivity contribution in [2.24, 2.45) is 10.8 Å². The molecular formula is C54H68N2O9. The van der Waals surface area contributed by atoms with Gasteiger partial charge in [-0.2, -0.15) is 0 Å². The quantitative estimate of drug-likeness (QED) is 0.276. The van der Waals surface area contributed by atoms with E-state index in [4.69, 9.17) is 18.9 Å². The fourth-order valence-electron chi connectivity index (χ4n) is 9.84. The SMILES string of the molecule is CC#Cc1cc(C)c(C2=C(OC)CC3(CCN(C(=O)OC(C)(C)C)C(=O)C3)CC2=O)c(C)c1.CC#Cc1cc(C)c(C2=C(OC)CC3(CCN(C(=O)OC(C)(C)C)CC3)CC2=O)c(C)c1. The highest BCUT2D eigenvalue weighted by molar-refractivity contribution is 6.24. The molecule has 2 aromatic carbocycles. The highest BCUT2D eigenvalue weighted by Crippen LogP contribution is 2.50. The average molecular weight is 889 g/mol. The zero-order valence-electron chi connectivity index (χ0n) is 41.2. The van der Waals surface area contributed by atoms with Gasteiger partial charge in [0.25, 0.3) is 0 Å². The van der Waals surface area contributed by atoms with Crippen LogP contribution in [0.3, 0.4) is 0 Å². The zero-order valence-corrected chi connectivity index (χ0v) is 41.2. The first-order valence-corrected chi connectivity index (χ1v) is 22.6. The van der Waals surface area contributed by atoms with Gasteiger partial charge in [-0.05, 0) is 171 Å². The highest BCUT2D eigenvalue weighted by Gasteiger charge is 2.48. The Balaban J connectivity index is 0.000000244. The van der Waals surface area contributed by atoms with E-state index in [2.05, 4.69) is 23.7 Å². The fourth-order valence-corrected chi connectivity index (χ4v) is 9.84. The fraction of sp³-hybridized carbons (Fsp3) is 0.537. The van der Waals surface area contributed by atoms with Crippen LogP contribution in [-0.2, 0) is 33.3 Å². The van der Waals surface area contributed by atoms with Gasteiger partial charge in [0.15, 0.2) is 11.6 Å². The maximum absolute atomic E-state index is 13.5. The summed E-state index contributed by atoms with van der Waals surface area (Å²) in [7, 11) is 3.22. The maximum atomic E-state index is 13.5. The number of nitrogens with zero attached hydrogens (tertiary/aromatic N) is 2. The largest absolute Gasteiger partial charge is 0.500 e. The van der Waals surface area contributed by atoms with E-state index in [1.165, 1.54) is 0 Å². The van der Waals surface area contributed by atoms with Gasteiger partial charge in [0.05, 0.1) is 25.4 Å². The van der Waals surface area contributed by atoms with Gasteiger partial charge in [-0.15, -0.1) is 11.8 Å². The van der Waals surface area contributed by atoms with E-state index < -0.39 is 22.7 Å². The smallest absolute Gasteiger partial charge is 0.417 e. The van der Waals surface area contributed by atoms with Gasteiger partial charge >= 0.3 is 12.2 Å². The van der Waals surface area contributed by atoms with Crippen LogP contribution in [0, 0.1) is 62.2 Å². The number of aryl methyl sites for hydroxylation is 4. The minimum Gasteiger partial charge on any atom is -0.500 e. The van der Waals surface area contributed by atoms with E-state index in [-0.39, 0.29) is 48.4 Å². The predicted molar refractivity (Wildman–Crippen MR) is 252 cm³/mol. The second kappa shape index (κ2) is 19.7. The molecule has 0 saturated carbocycles. The summed E-state index contributed by atoms with van der Waals surface area (Å²) >= 11 is 0. The molecule has 11 heteroatoms. The summed E-state index contributed by atoms with van der Waals surface area (Å²) < 4.78 is 22.4. The molecule has 4 aliphatic rings. The number of Topliss-reactive ketones (excluding diaryl/α,β-unsaturated/α-hetero) is 2. The van der Waals surface area contributed by atoms with Gasteiger partial charge in [0.1, 0.15) is 22.7 Å². The minimum absolute atomic E-state index is 0.0304. The van der Waals surface area contributed by atoms with E-state index in [9.17, 15) is 24.0 Å². The predicted octanol–water partition coefficient (Wildman–Crippen LogP) is 10.4. The molecule has 2 saturated heterocycles. The molecule has 65 heavy (non-hydrogen) atoms. The van der Waals surface area contributed by atoms with Crippen molar-refractivity contribution in [3.8, 4) is 23.7 Å². The van der Waals surface area contributed by atoms with Crippen LogP contribution in [0.4, 0.5) is 9.59 Å². The monoisotopic (exact) mass is 888 g/mol. The Bertz CT molecular complexity index is 2400. The number of hydrogen-bond acceptors (Lipinski definition) is 9. The number of carbonyl (C=O) groups excluding carboxylic acids is 5. The van der Waals surface area contributed by atoms with Crippen LogP contribution in [0.5, 0.6) is 0 Å². The molecule has 0 aromatic heterocycles. The molecule has 1 atom stereocenters. The summed E-state index contributed by atoms with van der Waals surface area (Å²) in [5.41, 5.74) is 7.13. The highest BCUT2D eigenvalue weighted by atomic mass is 16.6. The summed E-state index contributed by atoms with van der Waals surface area (Å²) in [6, 6.07) is 8.05. The van der Waals surface area contributed by atoms with Crippen molar-refractivity contribution in [2.75, 3.05) is 33.9 Å². The number of ketones is 2. The van der Waals surface area contributed by atoms with Gasteiger partial charge in [-0.1, -0.05) is 11.8 Å². The van der Waals surface area contributed by atoms with Crippen LogP contribution in [0.2, 0.25) is 0 Å². The first kappa shape index (κ1) is 50.2. The Morgan fingerprint density at radius 1 is 0.569 bits per heavy atom. The number of likely N-dealkylation sites (tertiary alicyclic amines) is 2. The molecule has 6 rings (SSSR count). The Morgan fingerprint density at radius 3 is 1.34 bits per heavy atom. The molecular weight excluding hydrogens is 821 g/mol. The zero-order chi connectivity index (χ0) is 48.2. The molecule has 0 radical (unpaired) electrons. The lowest BCUT2D eigenvalue weighted by molar-refractivity contribution is -0.138. The molecule has 2 aliphatic heterocycles. The van der Waals surface area contributed by atoms with Crippen LogP contribution < -0.4 is 0 Å². The lowest BCUT2D eigenvalue weighted by Crippen LogP contribution is -2.50. The van der Waals surface area contributed by atoms with Crippen molar-refractivity contribution in [2.45, 2.75) is 146 Å². The Morgan fingerprint density at radius 2 is 0.954 bits per heavy atom. The molecule has 2 spiro atoms. The van der Waals surface area contributed by atoms with E-state index in [0.717, 1.165) is 68.0 Å². The van der Waals surface area contributed by atoms with E-state index >= 15 is 0 Å². The number of benzene rings is 2. The number of imide groups is 1. The Labute approximate surface area is 386 Å². The molecule has 3 amide bonds. The third-order valence-electron chi connectivity index (χ3n) is 12.6. The number of methoxy groups -OCH3 is 2. The minimum atomic E-state index is -0.678. The first-order chi connectivity index (χ1) is 30.4. The third-order valence-corrected chi connectivity index (χ3v) is 12.6. The van der Waals surface area contributed by atoms with E-state index in [1.807, 2.05) is 79.7 Å². The number of carbonyl (C=O) groups is 5. The van der Waals surface area contributed by atoms with Crippen molar-refractivity contribution < 1.29 is 42.9 Å². The van der Waals surface area contributed by atoms with Gasteiger partial charge in [0.2, 0.25) is 5.91 Å². The number of piperidine rings is 2. The van der Waals surface area contributed by atoms with E-state index in [0.29, 0.717) is 55.7 Å². The van der Waals surface area contributed by atoms with Gasteiger partial charge < -0.3 is 23.8 Å². The lowest BCUT2D eigenvalue weighted by atomic mass is 9.66. The van der Waals surface area contributed by atoms with Gasteiger partial charge in [-0.3, -0.25) is 14.4 Å². The molecule has 348 valence electrons. The topological polar surface area (TPSA) is 129 Å². The van der Waals surface area contributed by atoms with Crippen molar-refractivity contribution in [1.29, 1.82) is 0 Å². The van der Waals surface area contributed by atoms with Crippen molar-refractivity contribution >= 4 is 40.8 Å². The summed E-state index contributed by atoms with van der Waals surface area (Å²) in [5.74, 6) is 13.2. The Kier molecular flexibility index (Phi) is 15.2. The number of allylic oxidation sites excluding steroid dienone is 4. The van der Waals surface area contributed by atoms with Crippen molar-refractivity contribution in [3.63, 3.8) is 0 Å². The number of hydrogen-bond donors (Lipinski definition) is 0. The second-order valence-corrected chi connectivity index (χ2v) is 20.2. The summed E-state index contributed by atoms with van der Waals surface area (Å²) in [6.07, 6.45) is 3.19. The van der Waals surface area contributed by atoms with E-state index in [1.54, 1.807) is 46.8 Å². The Hall–Kier alpha value is -5.81. The normalized spacial score (nSPS) is 19.8. The van der Waals surface area contributed by atoms with Gasteiger partial charge in [0, 0.05) is 62.9 Å². The molecule has 1 unspecified atom stereocenters. The van der Waals surface area contributed by atoms with Crippen molar-refractivity contribution in [1.82, 2.24) is 9.80 Å². The van der Waals surface area contributed by atoms with Crippen LogP contribution in [0.15, 0.2) is 35.8 Å². The molecule has 0 bridgehead atoms. The molecule has 11 nitrogen and oxygen atoms in total. The van der Waals surface area contributed by atoms with Crippen molar-refractivity contribution in [3.05, 3.63) is 80.3 Å². The number of ether oxygens (including phenoxy) is 4. The van der Waals surface area contributed by atoms with Gasteiger partial charge in [-0.25, -0.2) is 14.5 Å². The maximum Gasteiger partial charge on any atom is 0.417 e. The standard InChI is InChI=1S/C27H33NO5.C27H35NO4/c1-8-9-19-12-17(2)23(18(3)13-19)24-20(29)14-27(15-21(24)32-7)10-11-28(22(30)16-27)25(31)33-26(4,5)6;1-8-9-20-14-18(2)23(19(3)15-20)24-21(29)16-27(17-22(24)31-7)10-12-28(13-11-27)25(30)32-26(4,5)6/h12-13H,10-11,14-16H2,1-7H3;14-15H,10-13,16-17H2,1-7H3. The first-order valence-electron chi connectivity index (χ1n) is 22.6. The summed E-state index contributed by atoms with van der Waals surface area (Å²) in [6.45, 7) is 24.0. The van der Waals surface area contributed by atoms with Crippen LogP contribution in [0.25, 0.3) is 11.1 Å². The average Bonchev–Trinajstić information content (AvgIpc) is 3.18. The second-order valence-electron chi connectivity index (χ2n) is 20.2.